The van der Waals surface area contributed by atoms with Crippen LogP contribution in [0, 0.1) is 6.92 Å². The van der Waals surface area contributed by atoms with E-state index in [0.29, 0.717) is 21.3 Å². The van der Waals surface area contributed by atoms with Gasteiger partial charge in [0.05, 0.1) is 16.3 Å². The van der Waals surface area contributed by atoms with Crippen LogP contribution in [0.1, 0.15) is 36.1 Å². The van der Waals surface area contributed by atoms with Gasteiger partial charge in [-0.05, 0) is 65.1 Å². The Labute approximate surface area is 182 Å². The number of hydrogen-bond acceptors (Lipinski definition) is 7. The topological polar surface area (TPSA) is 68.7 Å². The Morgan fingerprint density at radius 3 is 2.33 bits per heavy atom. The summed E-state index contributed by atoms with van der Waals surface area (Å²) in [6.45, 7) is 11.4. The van der Waals surface area contributed by atoms with Crippen molar-refractivity contribution in [1.82, 2.24) is 9.88 Å². The Bertz CT molecular complexity index is 960. The van der Waals surface area contributed by atoms with Crippen LogP contribution in [0.3, 0.4) is 0 Å². The summed E-state index contributed by atoms with van der Waals surface area (Å²) in [7, 11) is 2.15. The monoisotopic (exact) mass is 426 g/mol. The molecule has 2 N–H and O–H groups in total. The molecular formula is C23H30N4O2S. The number of nitrogens with one attached hydrogen (secondary N) is 1. The molecule has 1 aromatic carbocycles. The number of likely N-dealkylation sites (N-methyl/N-ethyl adjacent to an activating group) is 1. The lowest BCUT2D eigenvalue weighted by Crippen LogP contribution is -2.44. The van der Waals surface area contributed by atoms with E-state index in [1.54, 1.807) is 6.92 Å². The quantitative estimate of drug-likeness (QED) is 0.295. The highest BCUT2D eigenvalue weighted by atomic mass is 32.1. The molecule has 0 saturated carbocycles. The number of piperazine rings is 1. The number of Topliss-reactive ketones (excluding diaryl/α,β-unsaturated/α-hetero) is 1. The smallest absolute Gasteiger partial charge is 0.204 e. The number of anilines is 3. The molecule has 30 heavy (non-hydrogen) atoms. The molecule has 160 valence electrons. The van der Waals surface area contributed by atoms with E-state index >= 15 is 0 Å². The predicted octanol–water partition coefficient (Wildman–Crippen LogP) is 4.93. The van der Waals surface area contributed by atoms with Crippen molar-refractivity contribution in [1.29, 1.82) is 0 Å². The maximum absolute atomic E-state index is 13.0. The summed E-state index contributed by atoms with van der Waals surface area (Å²) in [5, 5.41) is 13.6. The van der Waals surface area contributed by atoms with Gasteiger partial charge in [-0.25, -0.2) is 4.98 Å². The molecule has 2 heterocycles. The Morgan fingerprint density at radius 1 is 1.13 bits per heavy atom. The molecule has 3 rings (SSSR count). The van der Waals surface area contributed by atoms with Crippen LogP contribution >= 0.6 is 11.3 Å². The molecule has 1 aromatic heterocycles. The average Bonchev–Trinajstić information content (AvgIpc) is 3.06. The molecule has 1 saturated heterocycles. The largest absolute Gasteiger partial charge is 0.513 e. The fourth-order valence-electron chi connectivity index (χ4n) is 3.37. The number of aryl methyl sites for hydroxylation is 1. The second-order valence-corrected chi connectivity index (χ2v) is 8.92. The highest BCUT2D eigenvalue weighted by molar-refractivity contribution is 7.17. The maximum Gasteiger partial charge on any atom is 0.204 e. The van der Waals surface area contributed by atoms with Crippen molar-refractivity contribution in [3.8, 4) is 0 Å². The number of thiazole rings is 1. The number of carbonyl (C=O) groups is 1. The first-order valence-corrected chi connectivity index (χ1v) is 10.9. The summed E-state index contributed by atoms with van der Waals surface area (Å²) in [6.07, 6.45) is 1.51. The van der Waals surface area contributed by atoms with E-state index < -0.39 is 0 Å². The average molecular weight is 427 g/mol. The minimum Gasteiger partial charge on any atom is -0.513 e. The van der Waals surface area contributed by atoms with E-state index in [1.165, 1.54) is 23.1 Å². The summed E-state index contributed by atoms with van der Waals surface area (Å²) >= 11 is 1.34. The van der Waals surface area contributed by atoms with E-state index in [-0.39, 0.29) is 11.5 Å². The summed E-state index contributed by atoms with van der Waals surface area (Å²) < 4.78 is 0. The Morgan fingerprint density at radius 2 is 1.77 bits per heavy atom. The van der Waals surface area contributed by atoms with Gasteiger partial charge in [0.25, 0.3) is 0 Å². The van der Waals surface area contributed by atoms with Crippen LogP contribution in [-0.4, -0.2) is 54.0 Å². The number of nitrogens with zero attached hydrogens (tertiary/aromatic N) is 3. The Hall–Kier alpha value is -2.64. The van der Waals surface area contributed by atoms with Gasteiger partial charge >= 0.3 is 0 Å². The third kappa shape index (κ3) is 5.29. The Kier molecular flexibility index (Phi) is 6.95. The molecule has 2 aromatic rings. The maximum atomic E-state index is 13.0. The highest BCUT2D eigenvalue weighted by Gasteiger charge is 2.20. The number of aromatic nitrogens is 1. The van der Waals surface area contributed by atoms with Crippen molar-refractivity contribution in [2.45, 2.75) is 27.7 Å². The minimum atomic E-state index is -0.114. The summed E-state index contributed by atoms with van der Waals surface area (Å²) in [5.41, 5.74) is 4.21. The van der Waals surface area contributed by atoms with Gasteiger partial charge in [0.1, 0.15) is 0 Å². The van der Waals surface area contributed by atoms with Crippen LogP contribution in [0.5, 0.6) is 0 Å². The molecule has 1 aliphatic heterocycles. The first kappa shape index (κ1) is 22.1. The van der Waals surface area contributed by atoms with Gasteiger partial charge in [0.2, 0.25) is 5.78 Å². The second-order valence-electron chi connectivity index (χ2n) is 7.92. The van der Waals surface area contributed by atoms with Crippen molar-refractivity contribution in [2.75, 3.05) is 43.4 Å². The van der Waals surface area contributed by atoms with Crippen LogP contribution in [0.15, 0.2) is 47.2 Å². The van der Waals surface area contributed by atoms with E-state index in [2.05, 4.69) is 39.3 Å². The zero-order chi connectivity index (χ0) is 21.8. The molecule has 0 spiro atoms. The zero-order valence-corrected chi connectivity index (χ0v) is 19.1. The fourth-order valence-corrected chi connectivity index (χ4v) is 4.31. The van der Waals surface area contributed by atoms with Crippen molar-refractivity contribution >= 4 is 33.6 Å². The summed E-state index contributed by atoms with van der Waals surface area (Å²) in [4.78, 5) is 22.8. The molecule has 0 atom stereocenters. The molecule has 0 aliphatic carbocycles. The molecule has 1 fully saturated rings. The molecule has 0 amide bonds. The first-order chi connectivity index (χ1) is 14.2. The van der Waals surface area contributed by atoms with Crippen LogP contribution in [-0.2, 0) is 0 Å². The normalized spacial score (nSPS) is 15.2. The molecular weight excluding hydrogens is 396 g/mol. The Balaban J connectivity index is 1.73. The molecule has 6 nitrogen and oxygen atoms in total. The lowest BCUT2D eigenvalue weighted by atomic mass is 10.0. The van der Waals surface area contributed by atoms with E-state index in [4.69, 9.17) is 0 Å². The van der Waals surface area contributed by atoms with Gasteiger partial charge in [0.15, 0.2) is 5.13 Å². The van der Waals surface area contributed by atoms with Gasteiger partial charge in [-0.3, -0.25) is 4.79 Å². The molecule has 0 unspecified atom stereocenters. The lowest BCUT2D eigenvalue weighted by Gasteiger charge is -2.34. The summed E-state index contributed by atoms with van der Waals surface area (Å²) in [6, 6.07) is 8.34. The van der Waals surface area contributed by atoms with Crippen molar-refractivity contribution in [2.24, 2.45) is 0 Å². The minimum absolute atomic E-state index is 0.112. The van der Waals surface area contributed by atoms with Crippen molar-refractivity contribution < 1.29 is 9.90 Å². The van der Waals surface area contributed by atoms with E-state index in [1.807, 2.05) is 32.9 Å². The number of aliphatic hydroxyl groups is 1. The SMILES string of the molecule is CC(C)=C(/C=C(\C)O)C(=O)c1sc(Nc2ccc(N3CCN(C)CC3)cc2)nc1C. The molecule has 7 heteroatoms. The van der Waals surface area contributed by atoms with Crippen LogP contribution in [0.25, 0.3) is 0 Å². The van der Waals surface area contributed by atoms with Gasteiger partial charge < -0.3 is 20.2 Å². The highest BCUT2D eigenvalue weighted by Crippen LogP contribution is 2.30. The fraction of sp³-hybridized carbons (Fsp3) is 0.391. The van der Waals surface area contributed by atoms with Crippen LogP contribution in [0.4, 0.5) is 16.5 Å². The zero-order valence-electron chi connectivity index (χ0n) is 18.3. The lowest BCUT2D eigenvalue weighted by molar-refractivity contribution is 0.103. The van der Waals surface area contributed by atoms with Crippen LogP contribution in [0.2, 0.25) is 0 Å². The van der Waals surface area contributed by atoms with Gasteiger partial charge in [-0.15, -0.1) is 0 Å². The van der Waals surface area contributed by atoms with Gasteiger partial charge in [-0.1, -0.05) is 16.9 Å². The number of aliphatic hydroxyl groups excluding tert-OH is 1. The first-order valence-electron chi connectivity index (χ1n) is 10.1. The standard InChI is InChI=1S/C23H30N4O2S/c1-15(2)20(14-16(3)28)21(29)22-17(4)24-23(30-22)25-18-6-8-19(9-7-18)27-12-10-26(5)11-13-27/h6-9,14,28H,10-13H2,1-5H3,(H,24,25)/b16-14+. The van der Waals surface area contributed by atoms with Gasteiger partial charge in [0, 0.05) is 43.1 Å². The van der Waals surface area contributed by atoms with Crippen LogP contribution < -0.4 is 10.2 Å². The number of ketones is 1. The van der Waals surface area contributed by atoms with Crippen molar-refractivity contribution in [3.63, 3.8) is 0 Å². The van der Waals surface area contributed by atoms with Crippen molar-refractivity contribution in [3.05, 3.63) is 57.8 Å². The summed E-state index contributed by atoms with van der Waals surface area (Å²) in [5.74, 6) is -0.00243. The number of carbonyl (C=O) groups excluding carboxylic acids is 1. The molecule has 1 aliphatic rings. The number of rotatable bonds is 6. The van der Waals surface area contributed by atoms with E-state index in [9.17, 15) is 9.90 Å². The number of allylic oxidation sites excluding steroid dienone is 4. The number of benzene rings is 1. The second kappa shape index (κ2) is 9.45. The third-order valence-corrected chi connectivity index (χ3v) is 6.20. The third-order valence-electron chi connectivity index (χ3n) is 5.13. The predicted molar refractivity (Wildman–Crippen MR) is 125 cm³/mol. The molecule has 0 radical (unpaired) electrons. The molecule has 0 bridgehead atoms. The van der Waals surface area contributed by atoms with Gasteiger partial charge in [-0.2, -0.15) is 0 Å². The number of hydrogen-bond donors (Lipinski definition) is 2. The van der Waals surface area contributed by atoms with E-state index in [0.717, 1.165) is 37.4 Å².